The van der Waals surface area contributed by atoms with E-state index in [4.69, 9.17) is 0 Å². The summed E-state index contributed by atoms with van der Waals surface area (Å²) in [4.78, 5) is 9.90. The van der Waals surface area contributed by atoms with Gasteiger partial charge in [0.25, 0.3) is 6.20 Å². The van der Waals surface area contributed by atoms with Gasteiger partial charge in [0.1, 0.15) is 0 Å². The Labute approximate surface area is 114 Å². The van der Waals surface area contributed by atoms with Crippen LogP contribution in [0.3, 0.4) is 0 Å². The van der Waals surface area contributed by atoms with Crippen molar-refractivity contribution in [3.05, 3.63) is 39.3 Å². The number of nitro groups is 1. The summed E-state index contributed by atoms with van der Waals surface area (Å²) in [7, 11) is 0. The molecule has 1 aromatic rings. The van der Waals surface area contributed by atoms with Crippen molar-refractivity contribution in [2.75, 3.05) is 18.8 Å². The van der Waals surface area contributed by atoms with Crippen LogP contribution in [-0.4, -0.2) is 28.1 Å². The molecule has 2 N–H and O–H groups in total. The highest BCUT2D eigenvalue weighted by Gasteiger charge is 2.01. The second kappa shape index (κ2) is 8.76. The van der Waals surface area contributed by atoms with E-state index in [-0.39, 0.29) is 0 Å². The number of nitrogens with zero attached hydrogens (tertiary/aromatic N) is 2. The van der Waals surface area contributed by atoms with Gasteiger partial charge in [-0.1, -0.05) is 0 Å². The summed E-state index contributed by atoms with van der Waals surface area (Å²) in [6.45, 7) is 3.23. The van der Waals surface area contributed by atoms with Crippen LogP contribution in [0.25, 0.3) is 0 Å². The predicted molar refractivity (Wildman–Crippen MR) is 75.0 cm³/mol. The Morgan fingerprint density at radius 1 is 1.67 bits per heavy atom. The fourth-order valence-corrected chi connectivity index (χ4v) is 2.58. The second-order valence-electron chi connectivity index (χ2n) is 3.33. The monoisotopic (exact) mass is 288 g/mol. The van der Waals surface area contributed by atoms with Crippen molar-refractivity contribution in [2.24, 2.45) is 0 Å². The Morgan fingerprint density at radius 3 is 3.11 bits per heavy atom. The summed E-state index contributed by atoms with van der Waals surface area (Å²) < 4.78 is 4.21. The standard InChI is InChI=1S/C10H16N4O2S2/c1-2-11-10(7-14(15)16)12-4-6-17-8-9-3-5-18-13-9/h3,5,7,11-12H,2,4,6,8H2,1H3. The molecule has 1 aromatic heterocycles. The number of nitrogens with one attached hydrogen (secondary N) is 2. The van der Waals surface area contributed by atoms with E-state index in [1.807, 2.05) is 18.4 Å². The van der Waals surface area contributed by atoms with Crippen LogP contribution in [0.2, 0.25) is 0 Å². The van der Waals surface area contributed by atoms with Crippen LogP contribution < -0.4 is 10.6 Å². The molecule has 0 aliphatic rings. The molecule has 1 rings (SSSR count). The normalized spacial score (nSPS) is 11.3. The lowest BCUT2D eigenvalue weighted by Crippen LogP contribution is -2.28. The summed E-state index contributed by atoms with van der Waals surface area (Å²) in [6.07, 6.45) is 0.953. The largest absolute Gasteiger partial charge is 0.367 e. The van der Waals surface area contributed by atoms with E-state index in [0.29, 0.717) is 18.9 Å². The van der Waals surface area contributed by atoms with E-state index in [2.05, 4.69) is 15.0 Å². The molecule has 1 heterocycles. The lowest BCUT2D eigenvalue weighted by atomic mass is 10.5. The average molecular weight is 288 g/mol. The summed E-state index contributed by atoms with van der Waals surface area (Å²) in [6, 6.07) is 2.00. The van der Waals surface area contributed by atoms with Crippen molar-refractivity contribution in [1.29, 1.82) is 0 Å². The molecule has 6 nitrogen and oxygen atoms in total. The summed E-state index contributed by atoms with van der Waals surface area (Å²) in [5.41, 5.74) is 1.08. The van der Waals surface area contributed by atoms with Gasteiger partial charge in [-0.25, -0.2) is 0 Å². The van der Waals surface area contributed by atoms with Crippen molar-refractivity contribution in [2.45, 2.75) is 12.7 Å². The topological polar surface area (TPSA) is 80.1 Å². The molecule has 0 saturated heterocycles. The first-order chi connectivity index (χ1) is 8.72. The third-order valence-corrected chi connectivity index (χ3v) is 3.50. The van der Waals surface area contributed by atoms with Crippen molar-refractivity contribution >= 4 is 23.3 Å². The van der Waals surface area contributed by atoms with Crippen LogP contribution in [0.15, 0.2) is 23.5 Å². The Hall–Kier alpha value is -1.28. The molecule has 0 unspecified atom stereocenters. The molecule has 0 radical (unpaired) electrons. The zero-order chi connectivity index (χ0) is 13.2. The van der Waals surface area contributed by atoms with E-state index in [1.165, 1.54) is 11.5 Å². The van der Waals surface area contributed by atoms with Crippen LogP contribution in [-0.2, 0) is 5.75 Å². The van der Waals surface area contributed by atoms with Crippen molar-refractivity contribution in [3.8, 4) is 0 Å². The second-order valence-corrected chi connectivity index (χ2v) is 5.10. The summed E-state index contributed by atoms with van der Waals surface area (Å²) in [5.74, 6) is 2.20. The van der Waals surface area contributed by atoms with Crippen LogP contribution in [0.1, 0.15) is 12.6 Å². The van der Waals surface area contributed by atoms with Crippen LogP contribution >= 0.6 is 23.3 Å². The Bertz CT molecular complexity index is 381. The molecule has 100 valence electrons. The molecule has 18 heavy (non-hydrogen) atoms. The van der Waals surface area contributed by atoms with Crippen molar-refractivity contribution in [3.63, 3.8) is 0 Å². The van der Waals surface area contributed by atoms with Gasteiger partial charge < -0.3 is 10.6 Å². The zero-order valence-corrected chi connectivity index (χ0v) is 11.7. The van der Waals surface area contributed by atoms with E-state index in [0.717, 1.165) is 23.4 Å². The molecule has 0 fully saturated rings. The van der Waals surface area contributed by atoms with Gasteiger partial charge in [-0.05, 0) is 24.5 Å². The Morgan fingerprint density at radius 2 is 2.50 bits per heavy atom. The third kappa shape index (κ3) is 6.45. The average Bonchev–Trinajstić information content (AvgIpc) is 2.81. The van der Waals surface area contributed by atoms with E-state index < -0.39 is 4.92 Å². The molecule has 0 amide bonds. The molecule has 0 spiro atoms. The van der Waals surface area contributed by atoms with Gasteiger partial charge in [0.2, 0.25) is 0 Å². The SMILES string of the molecule is CCNC(=C[N+](=O)[O-])NCCSCc1ccsn1. The quantitative estimate of drug-likeness (QED) is 0.408. The van der Waals surface area contributed by atoms with Gasteiger partial charge in [-0.15, -0.1) is 0 Å². The first-order valence-electron chi connectivity index (χ1n) is 5.52. The molecule has 0 aromatic carbocycles. The first kappa shape index (κ1) is 14.8. The van der Waals surface area contributed by atoms with Crippen molar-refractivity contribution < 1.29 is 4.92 Å². The summed E-state index contributed by atoms with van der Waals surface area (Å²) in [5, 5.41) is 18.2. The van der Waals surface area contributed by atoms with Gasteiger partial charge >= 0.3 is 0 Å². The van der Waals surface area contributed by atoms with Crippen LogP contribution in [0, 0.1) is 10.1 Å². The predicted octanol–water partition coefficient (Wildman–Crippen LogP) is 1.65. The van der Waals surface area contributed by atoms with Gasteiger partial charge in [0.05, 0.1) is 10.6 Å². The molecule has 8 heteroatoms. The molecule has 0 saturated carbocycles. The number of rotatable bonds is 9. The maximum Gasteiger partial charge on any atom is 0.274 e. The summed E-state index contributed by atoms with van der Waals surface area (Å²) >= 11 is 3.20. The minimum Gasteiger partial charge on any atom is -0.367 e. The van der Waals surface area contributed by atoms with E-state index >= 15 is 0 Å². The Kier molecular flexibility index (Phi) is 7.19. The smallest absolute Gasteiger partial charge is 0.274 e. The lowest BCUT2D eigenvalue weighted by Gasteiger charge is -2.08. The molecular formula is C10H16N4O2S2. The number of hydrogen-bond donors (Lipinski definition) is 2. The number of thioether (sulfide) groups is 1. The number of hydrogen-bond acceptors (Lipinski definition) is 7. The zero-order valence-electron chi connectivity index (χ0n) is 10.1. The fourth-order valence-electron chi connectivity index (χ4n) is 1.20. The Balaban J connectivity index is 2.16. The minimum absolute atomic E-state index is 0.455. The first-order valence-corrected chi connectivity index (χ1v) is 7.51. The minimum atomic E-state index is -0.465. The van der Waals surface area contributed by atoms with Crippen molar-refractivity contribution in [1.82, 2.24) is 15.0 Å². The highest BCUT2D eigenvalue weighted by molar-refractivity contribution is 7.98. The van der Waals surface area contributed by atoms with Crippen LogP contribution in [0.4, 0.5) is 0 Å². The van der Waals surface area contributed by atoms with Gasteiger partial charge in [-0.2, -0.15) is 16.1 Å². The van der Waals surface area contributed by atoms with E-state index in [1.54, 1.807) is 11.8 Å². The lowest BCUT2D eigenvalue weighted by molar-refractivity contribution is -0.404. The molecule has 0 atom stereocenters. The molecule has 0 aliphatic carbocycles. The maximum absolute atomic E-state index is 10.4. The molecular weight excluding hydrogens is 272 g/mol. The van der Waals surface area contributed by atoms with Gasteiger partial charge in [-0.3, -0.25) is 10.1 Å². The number of aromatic nitrogens is 1. The fraction of sp³-hybridized carbons (Fsp3) is 0.500. The van der Waals surface area contributed by atoms with E-state index in [9.17, 15) is 10.1 Å². The van der Waals surface area contributed by atoms with Gasteiger partial charge in [0.15, 0.2) is 5.82 Å². The third-order valence-electron chi connectivity index (χ3n) is 1.90. The molecule has 0 aliphatic heterocycles. The highest BCUT2D eigenvalue weighted by Crippen LogP contribution is 2.10. The molecule has 0 bridgehead atoms. The van der Waals surface area contributed by atoms with Gasteiger partial charge in [0, 0.05) is 30.0 Å². The van der Waals surface area contributed by atoms with Crippen LogP contribution in [0.5, 0.6) is 0 Å². The maximum atomic E-state index is 10.4. The highest BCUT2D eigenvalue weighted by atomic mass is 32.2.